The molecule has 1 fully saturated rings. The van der Waals surface area contributed by atoms with Crippen LogP contribution in [0.2, 0.25) is 5.02 Å². The maximum atomic E-state index is 14.4. The van der Waals surface area contributed by atoms with Gasteiger partial charge in [-0.25, -0.2) is 14.2 Å². The van der Waals surface area contributed by atoms with Gasteiger partial charge < -0.3 is 26.0 Å². The van der Waals surface area contributed by atoms with Crippen LogP contribution in [-0.2, 0) is 0 Å². The van der Waals surface area contributed by atoms with Crippen LogP contribution in [-0.4, -0.2) is 58.2 Å². The lowest BCUT2D eigenvalue weighted by atomic mass is 10.0. The van der Waals surface area contributed by atoms with Crippen LogP contribution in [0.4, 0.5) is 25.7 Å². The van der Waals surface area contributed by atoms with Crippen LogP contribution in [0.3, 0.4) is 0 Å². The number of alkyl halides is 1. The van der Waals surface area contributed by atoms with E-state index in [2.05, 4.69) is 20.9 Å². The molecule has 0 unspecified atom stereocenters. The van der Waals surface area contributed by atoms with Gasteiger partial charge >= 0.3 is 6.09 Å². The Morgan fingerprint density at radius 1 is 1.19 bits per heavy atom. The highest BCUT2D eigenvalue weighted by Crippen LogP contribution is 2.28. The summed E-state index contributed by atoms with van der Waals surface area (Å²) in [6.45, 7) is 1.72. The molecule has 0 saturated carbocycles. The van der Waals surface area contributed by atoms with Crippen molar-refractivity contribution >= 4 is 57.4 Å². The van der Waals surface area contributed by atoms with E-state index >= 15 is 0 Å². The van der Waals surface area contributed by atoms with Crippen molar-refractivity contribution < 1.29 is 23.9 Å². The van der Waals surface area contributed by atoms with Gasteiger partial charge in [0.05, 0.1) is 29.5 Å². The summed E-state index contributed by atoms with van der Waals surface area (Å²) in [5.74, 6) is -0.816. The quantitative estimate of drug-likeness (QED) is 0.358. The number of thiazole rings is 1. The smallest absolute Gasteiger partial charge is 0.407 e. The third-order valence-electron chi connectivity index (χ3n) is 5.69. The number of aromatic nitrogens is 1. The van der Waals surface area contributed by atoms with E-state index < -0.39 is 24.2 Å². The molecule has 1 aliphatic heterocycles. The summed E-state index contributed by atoms with van der Waals surface area (Å²) in [5, 5.41) is 18.4. The van der Waals surface area contributed by atoms with Gasteiger partial charge in [0, 0.05) is 17.8 Å². The van der Waals surface area contributed by atoms with Crippen LogP contribution < -0.4 is 16.0 Å². The molecule has 4 N–H and O–H groups in total. The van der Waals surface area contributed by atoms with Gasteiger partial charge in [0.1, 0.15) is 11.0 Å². The minimum atomic E-state index is -1.49. The highest BCUT2D eigenvalue weighted by molar-refractivity contribution is 7.17. The molecule has 0 radical (unpaired) electrons. The van der Waals surface area contributed by atoms with E-state index in [0.29, 0.717) is 32.0 Å². The second-order valence-corrected chi connectivity index (χ2v) is 9.67. The summed E-state index contributed by atoms with van der Waals surface area (Å²) in [6.07, 6.45) is -1.04. The van der Waals surface area contributed by atoms with Gasteiger partial charge in [-0.3, -0.25) is 9.59 Å². The van der Waals surface area contributed by atoms with E-state index in [1.165, 1.54) is 6.20 Å². The summed E-state index contributed by atoms with van der Waals surface area (Å²) in [6, 6.07) is 11.1. The number of para-hydroxylation sites is 1. The van der Waals surface area contributed by atoms with Crippen molar-refractivity contribution in [3.63, 3.8) is 0 Å². The number of amides is 3. The highest BCUT2D eigenvalue weighted by Gasteiger charge is 2.32. The lowest BCUT2D eigenvalue weighted by Crippen LogP contribution is -2.53. The lowest BCUT2D eigenvalue weighted by molar-refractivity contribution is 0.0752. The molecule has 4 rings (SSSR count). The number of hydrogen-bond acceptors (Lipinski definition) is 6. The van der Waals surface area contributed by atoms with Gasteiger partial charge in [-0.2, -0.15) is 0 Å². The molecule has 0 spiro atoms. The molecule has 1 aliphatic rings. The number of nitrogens with zero attached hydrogens (tertiary/aromatic N) is 2. The number of carboxylic acid groups (broad SMARTS) is 1. The van der Waals surface area contributed by atoms with Crippen molar-refractivity contribution in [2.45, 2.75) is 25.6 Å². The summed E-state index contributed by atoms with van der Waals surface area (Å²) < 4.78 is 14.4. The van der Waals surface area contributed by atoms with Gasteiger partial charge in [-0.15, -0.1) is 0 Å². The van der Waals surface area contributed by atoms with Crippen LogP contribution in [0.15, 0.2) is 48.7 Å². The van der Waals surface area contributed by atoms with Crippen LogP contribution in [0.1, 0.15) is 32.0 Å². The molecular weight excluding hydrogens is 509 g/mol. The highest BCUT2D eigenvalue weighted by atomic mass is 35.5. The normalized spacial score (nSPS) is 17.4. The first-order chi connectivity index (χ1) is 17.2. The fraction of sp³-hybridized carbons (Fsp3) is 0.250. The van der Waals surface area contributed by atoms with Crippen molar-refractivity contribution in [3.05, 3.63) is 69.7 Å². The molecule has 3 amide bonds. The maximum Gasteiger partial charge on any atom is 0.407 e. The van der Waals surface area contributed by atoms with Crippen molar-refractivity contribution in [3.8, 4) is 0 Å². The Kier molecular flexibility index (Phi) is 7.70. The van der Waals surface area contributed by atoms with Crippen LogP contribution in [0.5, 0.6) is 0 Å². The zero-order chi connectivity index (χ0) is 25.8. The monoisotopic (exact) mass is 531 g/mol. The topological polar surface area (TPSA) is 124 Å². The zero-order valence-corrected chi connectivity index (χ0v) is 20.7. The Labute approximate surface area is 215 Å². The lowest BCUT2D eigenvalue weighted by Gasteiger charge is -2.33. The van der Waals surface area contributed by atoms with Crippen LogP contribution >= 0.6 is 22.9 Å². The number of aryl methyl sites for hydroxylation is 1. The number of rotatable bonds is 6. The Morgan fingerprint density at radius 2 is 1.97 bits per heavy atom. The van der Waals surface area contributed by atoms with Gasteiger partial charge in [0.15, 0.2) is 5.13 Å². The third kappa shape index (κ3) is 5.92. The van der Waals surface area contributed by atoms with E-state index in [9.17, 15) is 18.8 Å². The van der Waals surface area contributed by atoms with Crippen molar-refractivity contribution in [1.82, 2.24) is 15.2 Å². The predicted octanol–water partition coefficient (Wildman–Crippen LogP) is 4.92. The average Bonchev–Trinajstić information content (AvgIpc) is 3.31. The summed E-state index contributed by atoms with van der Waals surface area (Å²) in [5.41, 5.74) is 2.23. The molecule has 9 nitrogen and oxygen atoms in total. The third-order valence-corrected chi connectivity index (χ3v) is 6.92. The molecular formula is C24H23ClFN5O4S. The number of halogens is 2. The van der Waals surface area contributed by atoms with Gasteiger partial charge in [-0.1, -0.05) is 41.1 Å². The molecule has 36 heavy (non-hydrogen) atoms. The minimum Gasteiger partial charge on any atom is -0.465 e. The summed E-state index contributed by atoms with van der Waals surface area (Å²) in [4.78, 5) is 42.0. The second-order valence-electron chi connectivity index (χ2n) is 8.23. The first-order valence-electron chi connectivity index (χ1n) is 11.0. The summed E-state index contributed by atoms with van der Waals surface area (Å²) in [7, 11) is 0. The number of benzene rings is 2. The van der Waals surface area contributed by atoms with E-state index in [1.807, 2.05) is 13.0 Å². The fourth-order valence-corrected chi connectivity index (χ4v) is 4.76. The fourth-order valence-electron chi connectivity index (χ4n) is 3.76. The van der Waals surface area contributed by atoms with E-state index in [4.69, 9.17) is 16.7 Å². The first kappa shape index (κ1) is 25.4. The molecule has 188 valence electrons. The Balaban J connectivity index is 1.38. The van der Waals surface area contributed by atoms with Gasteiger partial charge in [-0.05, 0) is 43.2 Å². The first-order valence-corrected chi connectivity index (χ1v) is 12.2. The van der Waals surface area contributed by atoms with Crippen molar-refractivity contribution in [2.75, 3.05) is 23.7 Å². The van der Waals surface area contributed by atoms with Crippen LogP contribution in [0.25, 0.3) is 0 Å². The number of hydrogen-bond donors (Lipinski definition) is 4. The molecule has 1 saturated heterocycles. The van der Waals surface area contributed by atoms with Gasteiger partial charge in [0.2, 0.25) is 0 Å². The van der Waals surface area contributed by atoms with Gasteiger partial charge in [0.25, 0.3) is 11.8 Å². The number of anilines is 3. The standard InChI is InChI=1S/C24H23ClFN5O4S/c1-13-4-2-7-16(25)20(13)30-22(33)19-11-27-23(36-19)28-15-6-3-5-14(10-15)21(32)29-18-8-9-31(24(34)35)12-17(18)26/h2-7,10-11,17-18H,8-9,12H2,1H3,(H,27,28)(H,29,32)(H,30,33)(H,34,35)/t17-,18-/m1/s1. The average molecular weight is 532 g/mol. The SMILES string of the molecule is Cc1cccc(Cl)c1NC(=O)c1cnc(Nc2cccc(C(=O)N[C@@H]3CCN(C(=O)O)C[C@H]3F)c2)s1. The zero-order valence-electron chi connectivity index (χ0n) is 19.1. The number of carbonyl (C=O) groups excluding carboxylic acids is 2. The summed E-state index contributed by atoms with van der Waals surface area (Å²) >= 11 is 7.32. The largest absolute Gasteiger partial charge is 0.465 e. The molecule has 0 aliphatic carbocycles. The number of carbonyl (C=O) groups is 3. The van der Waals surface area contributed by atoms with Crippen LogP contribution in [0, 0.1) is 6.92 Å². The van der Waals surface area contributed by atoms with Crippen molar-refractivity contribution in [2.24, 2.45) is 0 Å². The molecule has 12 heteroatoms. The molecule has 2 aromatic carbocycles. The molecule has 3 aromatic rings. The Bertz CT molecular complexity index is 1280. The molecule has 0 bridgehead atoms. The minimum absolute atomic E-state index is 0.151. The van der Waals surface area contributed by atoms with Crippen molar-refractivity contribution in [1.29, 1.82) is 0 Å². The maximum absolute atomic E-state index is 14.4. The molecule has 2 heterocycles. The Morgan fingerprint density at radius 3 is 2.69 bits per heavy atom. The number of nitrogens with one attached hydrogen (secondary N) is 3. The van der Waals surface area contributed by atoms with E-state index in [-0.39, 0.29) is 25.4 Å². The molecule has 1 aromatic heterocycles. The number of likely N-dealkylation sites (tertiary alicyclic amines) is 1. The molecule has 2 atom stereocenters. The Hall–Kier alpha value is -3.70. The second kappa shape index (κ2) is 10.9. The number of piperidine rings is 1. The van der Waals surface area contributed by atoms with E-state index in [0.717, 1.165) is 21.8 Å². The van der Waals surface area contributed by atoms with E-state index in [1.54, 1.807) is 36.4 Å². The predicted molar refractivity (Wildman–Crippen MR) is 136 cm³/mol.